The molecule has 4 aliphatic heterocycles. The number of likely N-dealkylation sites (tertiary alicyclic amines) is 1. The number of morpholine rings is 1. The molecule has 0 radical (unpaired) electrons. The predicted octanol–water partition coefficient (Wildman–Crippen LogP) is 6.18. The van der Waals surface area contributed by atoms with Crippen molar-refractivity contribution >= 4 is 27.5 Å². The molecular formula is C38H37F4N5O3. The minimum absolute atomic E-state index is 0.0423. The van der Waals surface area contributed by atoms with Crippen LogP contribution < -0.4 is 15.0 Å². The number of benzene rings is 3. The fourth-order valence-corrected chi connectivity index (χ4v) is 8.74. The van der Waals surface area contributed by atoms with Gasteiger partial charge in [0, 0.05) is 71.6 Å². The summed E-state index contributed by atoms with van der Waals surface area (Å²) in [7, 11) is 0. The van der Waals surface area contributed by atoms with Crippen molar-refractivity contribution < 1.29 is 32.1 Å². The number of nitrogens with zero attached hydrogens (tertiary/aromatic N) is 4. The van der Waals surface area contributed by atoms with E-state index in [1.807, 2.05) is 4.90 Å². The van der Waals surface area contributed by atoms with E-state index in [1.165, 1.54) is 6.07 Å². The lowest BCUT2D eigenvalue weighted by molar-refractivity contribution is -0.137. The number of aromatic hydroxyl groups is 1. The van der Waals surface area contributed by atoms with Crippen molar-refractivity contribution in [3.8, 4) is 35.2 Å². The van der Waals surface area contributed by atoms with Gasteiger partial charge in [-0.1, -0.05) is 18.1 Å². The van der Waals surface area contributed by atoms with E-state index in [1.54, 1.807) is 19.1 Å². The second kappa shape index (κ2) is 11.4. The van der Waals surface area contributed by atoms with Gasteiger partial charge in [0.1, 0.15) is 17.1 Å². The summed E-state index contributed by atoms with van der Waals surface area (Å²) >= 11 is 0. The van der Waals surface area contributed by atoms with Crippen LogP contribution in [-0.2, 0) is 10.9 Å². The maximum atomic E-state index is 17.2. The number of piperazine rings is 1. The van der Waals surface area contributed by atoms with Gasteiger partial charge in [0.25, 0.3) is 0 Å². The highest BCUT2D eigenvalue weighted by molar-refractivity contribution is 6.05. The maximum Gasteiger partial charge on any atom is 0.417 e. The van der Waals surface area contributed by atoms with E-state index in [0.29, 0.717) is 42.3 Å². The Labute approximate surface area is 286 Å². The highest BCUT2D eigenvalue weighted by Crippen LogP contribution is 2.49. The number of fused-ring (bicyclic) bond motifs is 6. The number of aromatic nitrogens is 2. The maximum absolute atomic E-state index is 17.2. The molecule has 0 spiro atoms. The summed E-state index contributed by atoms with van der Waals surface area (Å²) < 4.78 is 74.6. The standard InChI is InChI=1S/C38H37F4N5O3/c1-3-27-20(2)4-5-21-10-25(48)12-28(31(21)27)32-30(38(40,41)42)13-29-34(33(32)39)44-36(45-35(29)46-14-22-6-7-23(15-46)43-22)50-19-37(8-9-37)18-47-16-26-11-24(47)17-49-26/h1,4-5,10,12-13,22-24,26,43,48H,6-9,11,14-19H2,2H3/t22?,23?,24-,26-/m0/s1. The zero-order valence-corrected chi connectivity index (χ0v) is 27.6. The quantitative estimate of drug-likeness (QED) is 0.176. The first-order valence-electron chi connectivity index (χ1n) is 17.3. The molecule has 0 amide bonds. The SMILES string of the molecule is C#Cc1c(C)ccc2cc(O)cc(-c3c(C(F)(F)F)cc4c(N5CC6CCC(C5)N6)nc(OCC5(CN6C[C@@H]7C[C@H]6CO7)CC5)nc4c3F)c12. The second-order valence-electron chi connectivity index (χ2n) is 14.9. The largest absolute Gasteiger partial charge is 0.508 e. The molecule has 9 rings (SSSR count). The van der Waals surface area contributed by atoms with Gasteiger partial charge in [-0.25, -0.2) is 4.39 Å². The molecule has 3 aromatic carbocycles. The number of hydrogen-bond donors (Lipinski definition) is 2. The topological polar surface area (TPSA) is 83.0 Å². The van der Waals surface area contributed by atoms with E-state index in [0.717, 1.165) is 63.9 Å². The van der Waals surface area contributed by atoms with Crippen LogP contribution in [0, 0.1) is 30.5 Å². The fourth-order valence-electron chi connectivity index (χ4n) is 8.74. The summed E-state index contributed by atoms with van der Waals surface area (Å²) in [5, 5.41) is 14.8. The first-order valence-corrected chi connectivity index (χ1v) is 17.3. The molecule has 2 N–H and O–H groups in total. The highest BCUT2D eigenvalue weighted by Gasteiger charge is 2.49. The monoisotopic (exact) mass is 687 g/mol. The number of rotatable bonds is 7. The average molecular weight is 688 g/mol. The number of terminal acetylenes is 1. The molecule has 1 aromatic heterocycles. The molecule has 1 aliphatic carbocycles. The van der Waals surface area contributed by atoms with E-state index in [2.05, 4.69) is 21.1 Å². The number of phenolic OH excluding ortho intramolecular Hbond substituents is 1. The summed E-state index contributed by atoms with van der Waals surface area (Å²) in [5.74, 6) is 1.31. The van der Waals surface area contributed by atoms with Crippen LogP contribution in [0.15, 0.2) is 30.3 Å². The molecule has 4 bridgehead atoms. The first-order chi connectivity index (χ1) is 24.0. The summed E-state index contributed by atoms with van der Waals surface area (Å²) in [5.41, 5.74) is -1.49. The lowest BCUT2D eigenvalue weighted by Crippen LogP contribution is -2.51. The Morgan fingerprint density at radius 2 is 1.90 bits per heavy atom. The van der Waals surface area contributed by atoms with Crippen molar-refractivity contribution in [1.29, 1.82) is 0 Å². The van der Waals surface area contributed by atoms with Gasteiger partial charge in [-0.05, 0) is 73.7 Å². The van der Waals surface area contributed by atoms with Gasteiger partial charge in [-0.15, -0.1) is 6.42 Å². The number of anilines is 1. The van der Waals surface area contributed by atoms with Crippen molar-refractivity contribution in [2.75, 3.05) is 44.3 Å². The number of ether oxygens (including phenoxy) is 2. The Hall–Kier alpha value is -4.18. The van der Waals surface area contributed by atoms with E-state index in [9.17, 15) is 5.11 Å². The molecule has 5 heterocycles. The van der Waals surface area contributed by atoms with E-state index < -0.39 is 23.1 Å². The van der Waals surface area contributed by atoms with Crippen molar-refractivity contribution in [2.24, 2.45) is 5.41 Å². The highest BCUT2D eigenvalue weighted by atomic mass is 19.4. The van der Waals surface area contributed by atoms with Crippen LogP contribution in [0.1, 0.15) is 48.8 Å². The van der Waals surface area contributed by atoms with E-state index in [-0.39, 0.29) is 63.0 Å². The normalized spacial score (nSPS) is 25.5. The van der Waals surface area contributed by atoms with E-state index in [4.69, 9.17) is 20.9 Å². The second-order valence-corrected chi connectivity index (χ2v) is 14.9. The molecular weight excluding hydrogens is 650 g/mol. The molecule has 260 valence electrons. The number of alkyl halides is 3. The summed E-state index contributed by atoms with van der Waals surface area (Å²) in [4.78, 5) is 13.6. The Morgan fingerprint density at radius 1 is 1.12 bits per heavy atom. The Balaban J connectivity index is 1.20. The minimum Gasteiger partial charge on any atom is -0.508 e. The molecule has 2 unspecified atom stereocenters. The van der Waals surface area contributed by atoms with Crippen LogP contribution in [0.3, 0.4) is 0 Å². The zero-order valence-electron chi connectivity index (χ0n) is 27.6. The fraction of sp³-hybridized carbons (Fsp3) is 0.474. The molecule has 4 atom stereocenters. The lowest BCUT2D eigenvalue weighted by atomic mass is 9.88. The molecule has 50 heavy (non-hydrogen) atoms. The van der Waals surface area contributed by atoms with Gasteiger partial charge >= 0.3 is 12.2 Å². The summed E-state index contributed by atoms with van der Waals surface area (Å²) in [6.45, 7) is 5.57. The number of aryl methyl sites for hydroxylation is 1. The van der Waals surface area contributed by atoms with Crippen molar-refractivity contribution in [3.63, 3.8) is 0 Å². The van der Waals surface area contributed by atoms with Crippen LogP contribution >= 0.6 is 0 Å². The third-order valence-corrected chi connectivity index (χ3v) is 11.5. The molecule has 5 aliphatic rings. The van der Waals surface area contributed by atoms with E-state index >= 15 is 17.6 Å². The number of nitrogens with one attached hydrogen (secondary N) is 1. The molecule has 12 heteroatoms. The molecule has 1 saturated carbocycles. The average Bonchev–Trinajstić information content (AvgIpc) is 3.33. The number of halogens is 4. The van der Waals surface area contributed by atoms with Crippen LogP contribution in [0.25, 0.3) is 32.8 Å². The smallest absolute Gasteiger partial charge is 0.417 e. The van der Waals surface area contributed by atoms with Gasteiger partial charge in [-0.3, -0.25) is 4.90 Å². The zero-order chi connectivity index (χ0) is 34.5. The van der Waals surface area contributed by atoms with Crippen molar-refractivity contribution in [3.05, 3.63) is 52.8 Å². The Bertz CT molecular complexity index is 2080. The van der Waals surface area contributed by atoms with Gasteiger partial charge in [0.05, 0.1) is 24.9 Å². The van der Waals surface area contributed by atoms with Gasteiger partial charge < -0.3 is 24.8 Å². The molecule has 4 aromatic rings. The van der Waals surface area contributed by atoms with Gasteiger partial charge in [0.2, 0.25) is 0 Å². The third kappa shape index (κ3) is 5.33. The summed E-state index contributed by atoms with van der Waals surface area (Å²) in [6, 6.07) is 7.51. The molecule has 5 fully saturated rings. The van der Waals surface area contributed by atoms with Crippen LogP contribution in [0.4, 0.5) is 23.4 Å². The van der Waals surface area contributed by atoms with Crippen LogP contribution in [0.5, 0.6) is 11.8 Å². The first kappa shape index (κ1) is 31.8. The Kier molecular flexibility index (Phi) is 7.26. The number of hydrogen-bond acceptors (Lipinski definition) is 8. The summed E-state index contributed by atoms with van der Waals surface area (Å²) in [6.07, 6.45) is 6.03. The van der Waals surface area contributed by atoms with Crippen LogP contribution in [0.2, 0.25) is 0 Å². The minimum atomic E-state index is -4.96. The third-order valence-electron chi connectivity index (χ3n) is 11.5. The van der Waals surface area contributed by atoms with Gasteiger partial charge in [-0.2, -0.15) is 23.1 Å². The van der Waals surface area contributed by atoms with Crippen molar-refractivity contribution in [1.82, 2.24) is 20.2 Å². The van der Waals surface area contributed by atoms with Gasteiger partial charge in [0.15, 0.2) is 5.82 Å². The van der Waals surface area contributed by atoms with Crippen molar-refractivity contribution in [2.45, 2.75) is 69.4 Å². The van der Waals surface area contributed by atoms with Crippen LogP contribution in [-0.4, -0.2) is 83.6 Å². The Morgan fingerprint density at radius 3 is 2.56 bits per heavy atom. The molecule has 4 saturated heterocycles. The lowest BCUT2D eigenvalue weighted by Gasteiger charge is -2.34. The predicted molar refractivity (Wildman–Crippen MR) is 181 cm³/mol. The molecule has 8 nitrogen and oxygen atoms in total. The number of phenols is 1.